The normalized spacial score (nSPS) is 18.2. The Morgan fingerprint density at radius 3 is 2.57 bits per heavy atom. The van der Waals surface area contributed by atoms with E-state index in [0.717, 1.165) is 0 Å². The van der Waals surface area contributed by atoms with Gasteiger partial charge in [0.2, 0.25) is 17.7 Å². The smallest absolute Gasteiger partial charge is 0.244 e. The number of rotatable bonds is 4. The Balaban J connectivity index is 1.61. The van der Waals surface area contributed by atoms with E-state index in [1.54, 1.807) is 36.4 Å². The molecule has 3 amide bonds. The zero-order valence-corrected chi connectivity index (χ0v) is 17.2. The van der Waals surface area contributed by atoms with E-state index in [4.69, 9.17) is 21.1 Å². The van der Waals surface area contributed by atoms with Crippen molar-refractivity contribution in [3.8, 4) is 11.5 Å². The molecule has 2 aromatic carbocycles. The molecule has 1 saturated heterocycles. The van der Waals surface area contributed by atoms with Crippen LogP contribution in [0.25, 0.3) is 0 Å². The highest BCUT2D eigenvalue weighted by Gasteiger charge is 2.40. The van der Waals surface area contributed by atoms with E-state index in [9.17, 15) is 14.4 Å². The monoisotopic (exact) mass is 429 g/mol. The van der Waals surface area contributed by atoms with Crippen LogP contribution in [0.5, 0.6) is 11.5 Å². The van der Waals surface area contributed by atoms with Crippen LogP contribution in [0.15, 0.2) is 36.4 Å². The third-order valence-electron chi connectivity index (χ3n) is 5.26. The Labute approximate surface area is 178 Å². The van der Waals surface area contributed by atoms with Gasteiger partial charge in [0, 0.05) is 19.0 Å². The summed E-state index contributed by atoms with van der Waals surface area (Å²) < 4.78 is 10.6. The standard InChI is InChI=1S/C21H20ClN3O5/c1-29-17-9-18(30-2)16(8-13(17)22)24-10-12(7-20(24)27)21(28)25-11-19(26)23-14-5-3-4-6-15(14)25/h3-6,8-9,12H,7,10-11H2,1-2H3,(H,23,26). The van der Waals surface area contributed by atoms with Crippen molar-refractivity contribution in [2.24, 2.45) is 5.92 Å². The SMILES string of the molecule is COc1cc(OC)c(N2CC(C(=O)N3CC(=O)Nc4ccccc43)CC2=O)cc1Cl. The largest absolute Gasteiger partial charge is 0.495 e. The number of hydrogen-bond donors (Lipinski definition) is 1. The van der Waals surface area contributed by atoms with Crippen LogP contribution < -0.4 is 24.6 Å². The van der Waals surface area contributed by atoms with Crippen LogP contribution in [0.1, 0.15) is 6.42 Å². The van der Waals surface area contributed by atoms with E-state index < -0.39 is 5.92 Å². The lowest BCUT2D eigenvalue weighted by molar-refractivity contribution is -0.125. The Morgan fingerprint density at radius 2 is 1.83 bits per heavy atom. The van der Waals surface area contributed by atoms with Gasteiger partial charge in [-0.1, -0.05) is 23.7 Å². The summed E-state index contributed by atoms with van der Waals surface area (Å²) in [5.41, 5.74) is 1.67. The summed E-state index contributed by atoms with van der Waals surface area (Å²) in [5.74, 6) is -0.518. The van der Waals surface area contributed by atoms with E-state index >= 15 is 0 Å². The van der Waals surface area contributed by atoms with Crippen LogP contribution in [0, 0.1) is 5.92 Å². The first-order chi connectivity index (χ1) is 14.4. The molecule has 9 heteroatoms. The van der Waals surface area contributed by atoms with Crippen LogP contribution in [0.2, 0.25) is 5.02 Å². The van der Waals surface area contributed by atoms with Crippen molar-refractivity contribution in [1.29, 1.82) is 0 Å². The van der Waals surface area contributed by atoms with E-state index in [2.05, 4.69) is 5.32 Å². The molecule has 0 saturated carbocycles. The fourth-order valence-corrected chi connectivity index (χ4v) is 4.05. The van der Waals surface area contributed by atoms with Gasteiger partial charge in [-0.05, 0) is 18.2 Å². The van der Waals surface area contributed by atoms with Gasteiger partial charge in [0.05, 0.1) is 42.2 Å². The first kappa shape index (κ1) is 20.0. The molecule has 0 aliphatic carbocycles. The minimum absolute atomic E-state index is 0.0337. The van der Waals surface area contributed by atoms with Crippen molar-refractivity contribution in [2.75, 3.05) is 42.4 Å². The topological polar surface area (TPSA) is 88.2 Å². The molecule has 0 aromatic heterocycles. The van der Waals surface area contributed by atoms with Crippen LogP contribution in [-0.2, 0) is 14.4 Å². The first-order valence-corrected chi connectivity index (χ1v) is 9.73. The van der Waals surface area contributed by atoms with Crippen molar-refractivity contribution < 1.29 is 23.9 Å². The summed E-state index contributed by atoms with van der Waals surface area (Å²) in [6, 6.07) is 10.3. The Morgan fingerprint density at radius 1 is 1.10 bits per heavy atom. The molecule has 2 aliphatic heterocycles. The van der Waals surface area contributed by atoms with Crippen LogP contribution in [0.3, 0.4) is 0 Å². The lowest BCUT2D eigenvalue weighted by atomic mass is 10.1. The third-order valence-corrected chi connectivity index (χ3v) is 5.55. The number of methoxy groups -OCH3 is 2. The number of hydrogen-bond acceptors (Lipinski definition) is 5. The highest BCUT2D eigenvalue weighted by molar-refractivity contribution is 6.32. The first-order valence-electron chi connectivity index (χ1n) is 9.35. The second-order valence-corrected chi connectivity index (χ2v) is 7.46. The summed E-state index contributed by atoms with van der Waals surface area (Å²) in [4.78, 5) is 41.0. The maximum atomic E-state index is 13.2. The quantitative estimate of drug-likeness (QED) is 0.807. The lowest BCUT2D eigenvalue weighted by Gasteiger charge is -2.31. The molecule has 1 atom stereocenters. The summed E-state index contributed by atoms with van der Waals surface area (Å²) >= 11 is 6.24. The molecule has 156 valence electrons. The maximum absolute atomic E-state index is 13.2. The molecule has 0 bridgehead atoms. The van der Waals surface area contributed by atoms with Gasteiger partial charge in [-0.15, -0.1) is 0 Å². The zero-order chi connectivity index (χ0) is 21.4. The Kier molecular flexibility index (Phi) is 5.26. The lowest BCUT2D eigenvalue weighted by Crippen LogP contribution is -2.45. The minimum Gasteiger partial charge on any atom is -0.495 e. The fraction of sp³-hybridized carbons (Fsp3) is 0.286. The maximum Gasteiger partial charge on any atom is 0.244 e. The Hall–Kier alpha value is -3.26. The predicted molar refractivity (Wildman–Crippen MR) is 112 cm³/mol. The van der Waals surface area contributed by atoms with Crippen molar-refractivity contribution in [1.82, 2.24) is 0 Å². The van der Waals surface area contributed by atoms with Gasteiger partial charge < -0.3 is 24.6 Å². The van der Waals surface area contributed by atoms with Crippen molar-refractivity contribution in [3.63, 3.8) is 0 Å². The number of ether oxygens (including phenoxy) is 2. The highest BCUT2D eigenvalue weighted by atomic mass is 35.5. The number of para-hydroxylation sites is 2. The molecule has 1 unspecified atom stereocenters. The molecule has 2 heterocycles. The molecule has 2 aromatic rings. The second kappa shape index (κ2) is 7.87. The average Bonchev–Trinajstić information content (AvgIpc) is 3.13. The van der Waals surface area contributed by atoms with Crippen LogP contribution >= 0.6 is 11.6 Å². The van der Waals surface area contributed by atoms with Gasteiger partial charge in [-0.3, -0.25) is 14.4 Å². The molecular formula is C21H20ClN3O5. The van der Waals surface area contributed by atoms with Crippen molar-refractivity contribution in [2.45, 2.75) is 6.42 Å². The predicted octanol–water partition coefficient (Wildman–Crippen LogP) is 2.70. The van der Waals surface area contributed by atoms with Crippen molar-refractivity contribution in [3.05, 3.63) is 41.4 Å². The summed E-state index contributed by atoms with van der Waals surface area (Å²) in [6.07, 6.45) is 0.0337. The van der Waals surface area contributed by atoms with E-state index in [-0.39, 0.29) is 37.2 Å². The summed E-state index contributed by atoms with van der Waals surface area (Å²) in [6.45, 7) is 0.0786. The number of halogens is 1. The number of carbonyl (C=O) groups is 3. The molecule has 0 radical (unpaired) electrons. The number of anilines is 3. The van der Waals surface area contributed by atoms with Gasteiger partial charge in [0.25, 0.3) is 0 Å². The van der Waals surface area contributed by atoms with Crippen LogP contribution in [0.4, 0.5) is 17.1 Å². The zero-order valence-electron chi connectivity index (χ0n) is 16.5. The molecule has 8 nitrogen and oxygen atoms in total. The Bertz CT molecular complexity index is 1040. The number of amides is 3. The van der Waals surface area contributed by atoms with Gasteiger partial charge >= 0.3 is 0 Å². The second-order valence-electron chi connectivity index (χ2n) is 7.05. The molecule has 1 N–H and O–H groups in total. The highest BCUT2D eigenvalue weighted by Crippen LogP contribution is 2.41. The van der Waals surface area contributed by atoms with Crippen molar-refractivity contribution >= 4 is 46.4 Å². The summed E-state index contributed by atoms with van der Waals surface area (Å²) in [7, 11) is 2.97. The number of carbonyl (C=O) groups excluding carboxylic acids is 3. The number of nitrogens with one attached hydrogen (secondary N) is 1. The fourth-order valence-electron chi connectivity index (χ4n) is 3.81. The minimum atomic E-state index is -0.595. The number of nitrogens with zero attached hydrogens (tertiary/aromatic N) is 2. The number of fused-ring (bicyclic) bond motifs is 1. The molecule has 0 spiro atoms. The molecular weight excluding hydrogens is 410 g/mol. The summed E-state index contributed by atoms with van der Waals surface area (Å²) in [5, 5.41) is 3.09. The number of benzene rings is 2. The molecule has 30 heavy (non-hydrogen) atoms. The average molecular weight is 430 g/mol. The van der Waals surface area contributed by atoms with Gasteiger partial charge in [-0.25, -0.2) is 0 Å². The molecule has 1 fully saturated rings. The molecule has 2 aliphatic rings. The van der Waals surface area contributed by atoms with E-state index in [1.807, 2.05) is 0 Å². The van der Waals surface area contributed by atoms with E-state index in [1.165, 1.54) is 24.0 Å². The van der Waals surface area contributed by atoms with E-state index in [0.29, 0.717) is 33.6 Å². The van der Waals surface area contributed by atoms with Gasteiger partial charge in [0.15, 0.2) is 0 Å². The van der Waals surface area contributed by atoms with Gasteiger partial charge in [0.1, 0.15) is 18.0 Å². The third kappa shape index (κ3) is 3.43. The molecule has 4 rings (SSSR count). The van der Waals surface area contributed by atoms with Gasteiger partial charge in [-0.2, -0.15) is 0 Å². The van der Waals surface area contributed by atoms with Crippen LogP contribution in [-0.4, -0.2) is 45.0 Å².